The number of nitrogens with zero attached hydrogens (tertiary/aromatic N) is 6. The summed E-state index contributed by atoms with van der Waals surface area (Å²) in [5.41, 5.74) is 23.1. The van der Waals surface area contributed by atoms with Crippen LogP contribution in [0.4, 0.5) is 5.95 Å². The highest BCUT2D eigenvalue weighted by Crippen LogP contribution is 2.32. The van der Waals surface area contributed by atoms with Gasteiger partial charge in [0, 0.05) is 54.7 Å². The summed E-state index contributed by atoms with van der Waals surface area (Å²) in [5.74, 6) is 2.04. The summed E-state index contributed by atoms with van der Waals surface area (Å²) in [4.78, 5) is 21.3. The summed E-state index contributed by atoms with van der Waals surface area (Å²) in [6.07, 6.45) is 11.1. The molecule has 0 saturated carbocycles. The molecule has 0 fully saturated rings. The predicted molar refractivity (Wildman–Crippen MR) is 132 cm³/mol. The molecule has 0 spiro atoms. The Morgan fingerprint density at radius 3 is 2.32 bits per heavy atom. The molecule has 0 amide bonds. The van der Waals surface area contributed by atoms with E-state index in [1.165, 1.54) is 5.56 Å². The van der Waals surface area contributed by atoms with Gasteiger partial charge in [-0.15, -0.1) is 0 Å². The number of benzene rings is 1. The van der Waals surface area contributed by atoms with Crippen molar-refractivity contribution in [2.45, 2.75) is 12.5 Å². The first-order valence-electron chi connectivity index (χ1n) is 10.9. The van der Waals surface area contributed by atoms with Gasteiger partial charge in [-0.1, -0.05) is 30.3 Å². The average molecular weight is 452 g/mol. The summed E-state index contributed by atoms with van der Waals surface area (Å²) >= 11 is 0. The summed E-state index contributed by atoms with van der Waals surface area (Å²) in [5, 5.41) is 0. The minimum absolute atomic E-state index is 0.168. The molecule has 2 aliphatic heterocycles. The fourth-order valence-corrected chi connectivity index (χ4v) is 4.02. The molecule has 2 aromatic heterocycles. The van der Waals surface area contributed by atoms with Crippen molar-refractivity contribution in [3.8, 4) is 0 Å². The van der Waals surface area contributed by atoms with Crippen LogP contribution in [-0.4, -0.2) is 38.3 Å². The Balaban J connectivity index is 1.53. The Kier molecular flexibility index (Phi) is 5.75. The molecule has 3 aromatic rings. The van der Waals surface area contributed by atoms with Crippen molar-refractivity contribution in [1.82, 2.24) is 19.9 Å². The second kappa shape index (κ2) is 9.16. The zero-order valence-corrected chi connectivity index (χ0v) is 18.5. The molecule has 0 saturated heterocycles. The molecule has 4 heterocycles. The van der Waals surface area contributed by atoms with Crippen LogP contribution in [0.25, 0.3) is 0 Å². The average Bonchev–Trinajstić information content (AvgIpc) is 2.87. The van der Waals surface area contributed by atoms with E-state index in [1.54, 1.807) is 42.0 Å². The van der Waals surface area contributed by atoms with Crippen LogP contribution in [0.5, 0.6) is 0 Å². The smallest absolute Gasteiger partial charge is 0.235 e. The van der Waals surface area contributed by atoms with Crippen molar-refractivity contribution in [2.24, 2.45) is 22.2 Å². The third-order valence-corrected chi connectivity index (χ3v) is 5.65. The monoisotopic (exact) mass is 451 g/mol. The van der Waals surface area contributed by atoms with Gasteiger partial charge in [0.05, 0.1) is 0 Å². The maximum atomic E-state index is 6.71. The second-order valence-electron chi connectivity index (χ2n) is 8.00. The van der Waals surface area contributed by atoms with Gasteiger partial charge in [0.15, 0.2) is 0 Å². The van der Waals surface area contributed by atoms with Crippen LogP contribution in [0.1, 0.15) is 11.1 Å². The first kappa shape index (κ1) is 21.4. The number of hydrogen-bond acceptors (Lipinski definition) is 9. The number of hydrogen-bond donors (Lipinski definition) is 3. The molecule has 34 heavy (non-hydrogen) atoms. The lowest BCUT2D eigenvalue weighted by atomic mass is 10.0. The Labute approximate surface area is 197 Å². The van der Waals surface area contributed by atoms with Crippen molar-refractivity contribution < 1.29 is 0 Å². The largest absolute Gasteiger partial charge is 0.384 e. The molecule has 0 aliphatic carbocycles. The normalized spacial score (nSPS) is 16.4. The number of anilines is 1. The first-order valence-corrected chi connectivity index (χ1v) is 10.9. The first-order chi connectivity index (χ1) is 16.6. The maximum Gasteiger partial charge on any atom is 0.235 e. The summed E-state index contributed by atoms with van der Waals surface area (Å²) in [7, 11) is 0. The van der Waals surface area contributed by atoms with E-state index in [4.69, 9.17) is 22.2 Å². The van der Waals surface area contributed by atoms with E-state index < -0.39 is 0 Å². The number of aromatic nitrogens is 3. The zero-order valence-electron chi connectivity index (χ0n) is 18.5. The molecular weight excluding hydrogens is 426 g/mol. The number of nitrogens with two attached hydrogens (primary N) is 3. The Bertz CT molecular complexity index is 1280. The molecule has 5 rings (SSSR count). The van der Waals surface area contributed by atoms with Crippen LogP contribution in [0.2, 0.25) is 0 Å². The van der Waals surface area contributed by atoms with E-state index in [2.05, 4.69) is 27.1 Å². The lowest BCUT2D eigenvalue weighted by molar-refractivity contribution is 0.440. The second-order valence-corrected chi connectivity index (χ2v) is 8.00. The van der Waals surface area contributed by atoms with Gasteiger partial charge in [0.1, 0.15) is 23.2 Å². The molecular formula is C25H25N9. The van der Waals surface area contributed by atoms with Gasteiger partial charge in [-0.2, -0.15) is 0 Å². The lowest BCUT2D eigenvalue weighted by Gasteiger charge is -2.36. The highest BCUT2D eigenvalue weighted by molar-refractivity contribution is 6.02. The standard InChI is InChI=1S/C25H25N9/c26-19(15-17-5-2-1-3-6-17)16-34-22(27)20-9-14-33(25-30-10-4-11-31-25)23(28)21(20)32-24(34)18-7-12-29-13-8-18/h1-14,19H,15-16,26-28H2/t19-/m1/s1. The van der Waals surface area contributed by atoms with Crippen LogP contribution >= 0.6 is 0 Å². The van der Waals surface area contributed by atoms with Crippen LogP contribution in [0.15, 0.2) is 113 Å². The van der Waals surface area contributed by atoms with E-state index >= 15 is 0 Å². The predicted octanol–water partition coefficient (Wildman–Crippen LogP) is 1.84. The van der Waals surface area contributed by atoms with E-state index in [0.29, 0.717) is 42.1 Å². The van der Waals surface area contributed by atoms with E-state index in [9.17, 15) is 0 Å². The molecule has 0 bridgehead atoms. The van der Waals surface area contributed by atoms with E-state index in [-0.39, 0.29) is 6.04 Å². The van der Waals surface area contributed by atoms with Crippen LogP contribution < -0.4 is 22.1 Å². The molecule has 0 unspecified atom stereocenters. The topological polar surface area (TPSA) is 136 Å². The molecule has 0 radical (unpaired) electrons. The molecule has 1 atom stereocenters. The van der Waals surface area contributed by atoms with Crippen molar-refractivity contribution in [1.29, 1.82) is 0 Å². The van der Waals surface area contributed by atoms with Crippen LogP contribution in [0.3, 0.4) is 0 Å². The summed E-state index contributed by atoms with van der Waals surface area (Å²) in [6, 6.07) is 15.5. The summed E-state index contributed by atoms with van der Waals surface area (Å²) < 4.78 is 0. The fraction of sp³-hybridized carbons (Fsp3) is 0.120. The Hall–Kier alpha value is -4.50. The number of allylic oxidation sites excluding steroid dienone is 1. The minimum atomic E-state index is -0.168. The third kappa shape index (κ3) is 4.12. The lowest BCUT2D eigenvalue weighted by Crippen LogP contribution is -2.46. The van der Waals surface area contributed by atoms with Crippen LogP contribution in [0, 0.1) is 0 Å². The molecule has 2 aliphatic rings. The van der Waals surface area contributed by atoms with Gasteiger partial charge < -0.3 is 22.1 Å². The van der Waals surface area contributed by atoms with Crippen molar-refractivity contribution >= 4 is 11.8 Å². The van der Waals surface area contributed by atoms with Gasteiger partial charge in [0.25, 0.3) is 0 Å². The van der Waals surface area contributed by atoms with Crippen molar-refractivity contribution in [3.63, 3.8) is 0 Å². The zero-order chi connectivity index (χ0) is 23.5. The van der Waals surface area contributed by atoms with E-state index in [1.807, 2.05) is 41.3 Å². The fourth-order valence-electron chi connectivity index (χ4n) is 4.02. The molecule has 9 nitrogen and oxygen atoms in total. The SMILES string of the molecule is NC1=C2C=CN(c3ncccn3)C(N)=C2N=C(c2ccncc2)N1C[C@H](N)Cc1ccccc1. The van der Waals surface area contributed by atoms with Gasteiger partial charge in [-0.25, -0.2) is 15.0 Å². The van der Waals surface area contributed by atoms with Crippen molar-refractivity contribution in [3.05, 3.63) is 120 Å². The highest BCUT2D eigenvalue weighted by atomic mass is 15.3. The molecule has 6 N–H and O–H groups in total. The van der Waals surface area contributed by atoms with Gasteiger partial charge in [0.2, 0.25) is 5.95 Å². The van der Waals surface area contributed by atoms with Gasteiger partial charge >= 0.3 is 0 Å². The Morgan fingerprint density at radius 2 is 1.59 bits per heavy atom. The van der Waals surface area contributed by atoms with Crippen LogP contribution in [-0.2, 0) is 6.42 Å². The van der Waals surface area contributed by atoms with Crippen molar-refractivity contribution in [2.75, 3.05) is 11.4 Å². The quantitative estimate of drug-likeness (QED) is 0.517. The molecule has 1 aromatic carbocycles. The molecule has 170 valence electrons. The number of fused-ring (bicyclic) bond motifs is 1. The number of amidine groups is 1. The van der Waals surface area contributed by atoms with E-state index in [0.717, 1.165) is 11.1 Å². The Morgan fingerprint density at radius 1 is 0.853 bits per heavy atom. The third-order valence-electron chi connectivity index (χ3n) is 5.65. The maximum absolute atomic E-state index is 6.71. The number of aliphatic imine (C=N–C) groups is 1. The summed E-state index contributed by atoms with van der Waals surface area (Å²) in [6.45, 7) is 0.484. The number of pyridine rings is 1. The molecule has 9 heteroatoms. The highest BCUT2D eigenvalue weighted by Gasteiger charge is 2.31. The van der Waals surface area contributed by atoms with Gasteiger partial charge in [-0.05, 0) is 36.3 Å². The number of rotatable bonds is 6. The van der Waals surface area contributed by atoms with Gasteiger partial charge in [-0.3, -0.25) is 9.88 Å². The minimum Gasteiger partial charge on any atom is -0.384 e.